The number of nitrogens with zero attached hydrogens (tertiary/aromatic N) is 3. The van der Waals surface area contributed by atoms with Gasteiger partial charge < -0.3 is 0 Å². The lowest BCUT2D eigenvalue weighted by Gasteiger charge is -2.20. The quantitative estimate of drug-likeness (QED) is 0.467. The van der Waals surface area contributed by atoms with E-state index in [4.69, 9.17) is 0 Å². The summed E-state index contributed by atoms with van der Waals surface area (Å²) in [5.41, 5.74) is 10.4. The fourth-order valence-electron chi connectivity index (χ4n) is 4.33. The molecule has 0 saturated heterocycles. The van der Waals surface area contributed by atoms with Crippen molar-refractivity contribution in [3.8, 4) is 11.4 Å². The summed E-state index contributed by atoms with van der Waals surface area (Å²) in [5, 5.41) is 0. The third-order valence-corrected chi connectivity index (χ3v) is 5.20. The fourth-order valence-corrected chi connectivity index (χ4v) is 4.33. The summed E-state index contributed by atoms with van der Waals surface area (Å²) in [6, 6.07) is 9.07. The van der Waals surface area contributed by atoms with E-state index in [1.807, 2.05) is 0 Å². The van der Waals surface area contributed by atoms with Gasteiger partial charge in [0.25, 0.3) is 6.33 Å². The Morgan fingerprint density at radius 1 is 0.704 bits per heavy atom. The lowest BCUT2D eigenvalue weighted by molar-refractivity contribution is -0.595. The second-order valence-corrected chi connectivity index (χ2v) is 8.89. The van der Waals surface area contributed by atoms with Gasteiger partial charge in [-0.3, -0.25) is 4.48 Å². The number of aryl methyl sites for hydroxylation is 6. The topological polar surface area (TPSA) is 8.81 Å². The van der Waals surface area contributed by atoms with Crippen LogP contribution in [0.5, 0.6) is 0 Å². The normalized spacial score (nSPS) is 11.9. The SMILES string of the molecule is Cc1cc(C)c(-n2c[n+](-c3c(C)cc(C)cc3C)cc2[N+](C)(C)C)c(C)c1. The van der Waals surface area contributed by atoms with Crippen LogP contribution < -0.4 is 9.05 Å². The second-order valence-electron chi connectivity index (χ2n) is 8.89. The highest BCUT2D eigenvalue weighted by atomic mass is 15.4. The van der Waals surface area contributed by atoms with Crippen LogP contribution in [0.2, 0.25) is 0 Å². The van der Waals surface area contributed by atoms with E-state index in [9.17, 15) is 0 Å². The molecule has 0 atom stereocenters. The number of quaternary nitrogens is 1. The molecule has 0 unspecified atom stereocenters. The number of benzene rings is 2. The molecular weight excluding hydrogens is 330 g/mol. The molecular formula is C24H33N3+2. The highest BCUT2D eigenvalue weighted by Gasteiger charge is 2.31. The van der Waals surface area contributed by atoms with Crippen molar-refractivity contribution < 1.29 is 4.57 Å². The van der Waals surface area contributed by atoms with Crippen molar-refractivity contribution >= 4 is 5.82 Å². The van der Waals surface area contributed by atoms with Gasteiger partial charge >= 0.3 is 5.82 Å². The van der Waals surface area contributed by atoms with Gasteiger partial charge in [-0.15, -0.1) is 4.57 Å². The van der Waals surface area contributed by atoms with Crippen LogP contribution in [-0.2, 0) is 0 Å². The van der Waals surface area contributed by atoms with Crippen LogP contribution in [0.15, 0.2) is 36.8 Å². The Hall–Kier alpha value is -2.39. The maximum atomic E-state index is 2.36. The summed E-state index contributed by atoms with van der Waals surface area (Å²) >= 11 is 0. The van der Waals surface area contributed by atoms with Gasteiger partial charge in [0.1, 0.15) is 11.4 Å². The minimum absolute atomic E-state index is 0.754. The molecule has 0 aliphatic carbocycles. The first-order valence-electron chi connectivity index (χ1n) is 9.61. The number of hydrogen-bond acceptors (Lipinski definition) is 0. The molecule has 2 aromatic carbocycles. The molecule has 0 aliphatic rings. The van der Waals surface area contributed by atoms with Crippen molar-refractivity contribution in [3.63, 3.8) is 0 Å². The molecule has 142 valence electrons. The van der Waals surface area contributed by atoms with Crippen LogP contribution in [0.25, 0.3) is 11.4 Å². The minimum Gasteiger partial charge on any atom is -0.260 e. The summed E-state index contributed by atoms with van der Waals surface area (Å²) in [7, 11) is 6.68. The summed E-state index contributed by atoms with van der Waals surface area (Å²) in [6.45, 7) is 13.2. The van der Waals surface area contributed by atoms with Gasteiger partial charge in [-0.2, -0.15) is 4.57 Å². The summed E-state index contributed by atoms with van der Waals surface area (Å²) < 4.78 is 5.41. The van der Waals surface area contributed by atoms with E-state index in [2.05, 4.69) is 109 Å². The van der Waals surface area contributed by atoms with E-state index >= 15 is 0 Å². The molecule has 0 saturated carbocycles. The number of rotatable bonds is 3. The van der Waals surface area contributed by atoms with Crippen molar-refractivity contribution in [1.29, 1.82) is 0 Å². The fraction of sp³-hybridized carbons (Fsp3) is 0.375. The first-order chi connectivity index (χ1) is 12.5. The molecule has 0 spiro atoms. The number of aromatic nitrogens is 2. The summed E-state index contributed by atoms with van der Waals surface area (Å²) in [4.78, 5) is 0. The molecule has 3 aromatic rings. The largest absolute Gasteiger partial charge is 0.336 e. The zero-order chi connectivity index (χ0) is 20.1. The maximum absolute atomic E-state index is 2.36. The minimum atomic E-state index is 0.754. The first kappa shape index (κ1) is 19.4. The molecule has 0 N–H and O–H groups in total. The van der Waals surface area contributed by atoms with Crippen molar-refractivity contribution in [2.24, 2.45) is 0 Å². The molecule has 27 heavy (non-hydrogen) atoms. The van der Waals surface area contributed by atoms with E-state index in [1.165, 1.54) is 50.6 Å². The van der Waals surface area contributed by atoms with Crippen LogP contribution in [-0.4, -0.2) is 25.7 Å². The van der Waals surface area contributed by atoms with Crippen LogP contribution in [0, 0.1) is 41.5 Å². The average Bonchev–Trinajstić information content (AvgIpc) is 2.89. The molecule has 0 fully saturated rings. The Balaban J connectivity index is 2.32. The van der Waals surface area contributed by atoms with Gasteiger partial charge in [0.05, 0.1) is 21.1 Å². The Bertz CT molecular complexity index is 971. The Kier molecular flexibility index (Phi) is 4.77. The zero-order valence-corrected chi connectivity index (χ0v) is 18.3. The van der Waals surface area contributed by atoms with Crippen molar-refractivity contribution in [1.82, 2.24) is 9.05 Å². The van der Waals surface area contributed by atoms with Crippen LogP contribution >= 0.6 is 0 Å². The molecule has 0 aliphatic heterocycles. The van der Waals surface area contributed by atoms with Gasteiger partial charge in [-0.05, 0) is 63.8 Å². The monoisotopic (exact) mass is 363 g/mol. The van der Waals surface area contributed by atoms with Gasteiger partial charge in [-0.25, -0.2) is 0 Å². The highest BCUT2D eigenvalue weighted by Crippen LogP contribution is 2.28. The lowest BCUT2D eigenvalue weighted by atomic mass is 10.0. The van der Waals surface area contributed by atoms with Crippen LogP contribution in [0.1, 0.15) is 33.4 Å². The maximum Gasteiger partial charge on any atom is 0.336 e. The molecule has 1 heterocycles. The number of hydrogen-bond donors (Lipinski definition) is 0. The van der Waals surface area contributed by atoms with Gasteiger partial charge in [0, 0.05) is 0 Å². The Morgan fingerprint density at radius 2 is 1.15 bits per heavy atom. The van der Waals surface area contributed by atoms with Crippen molar-refractivity contribution in [2.45, 2.75) is 41.5 Å². The molecule has 0 amide bonds. The van der Waals surface area contributed by atoms with E-state index in [0.717, 1.165) is 4.48 Å². The Labute approximate surface area is 164 Å². The zero-order valence-electron chi connectivity index (χ0n) is 18.3. The van der Waals surface area contributed by atoms with Crippen molar-refractivity contribution in [2.75, 3.05) is 21.1 Å². The predicted octanol–water partition coefficient (Wildman–Crippen LogP) is 4.80. The van der Waals surface area contributed by atoms with Crippen LogP contribution in [0.4, 0.5) is 5.82 Å². The smallest absolute Gasteiger partial charge is 0.260 e. The average molecular weight is 364 g/mol. The standard InChI is InChI=1S/C24H33N3/c1-16-10-18(3)23(19(4)11-16)25-14-22(27(7,8)9)26(15-25)24-20(5)12-17(2)13-21(24)6/h10-15H,1-9H3/q+2. The highest BCUT2D eigenvalue weighted by molar-refractivity contribution is 5.54. The van der Waals surface area contributed by atoms with Gasteiger partial charge in [0.2, 0.25) is 6.20 Å². The van der Waals surface area contributed by atoms with Crippen molar-refractivity contribution in [3.05, 3.63) is 70.2 Å². The molecule has 3 heteroatoms. The molecule has 3 rings (SSSR count). The summed E-state index contributed by atoms with van der Waals surface area (Å²) in [6.07, 6.45) is 4.53. The third kappa shape index (κ3) is 3.57. The third-order valence-electron chi connectivity index (χ3n) is 5.20. The molecule has 0 radical (unpaired) electrons. The van der Waals surface area contributed by atoms with E-state index in [0.29, 0.717) is 0 Å². The van der Waals surface area contributed by atoms with E-state index in [-0.39, 0.29) is 0 Å². The Morgan fingerprint density at radius 3 is 1.59 bits per heavy atom. The van der Waals surface area contributed by atoms with Gasteiger partial charge in [0.15, 0.2) is 0 Å². The first-order valence-corrected chi connectivity index (χ1v) is 9.61. The van der Waals surface area contributed by atoms with Gasteiger partial charge in [-0.1, -0.05) is 35.4 Å². The molecule has 1 aromatic heterocycles. The predicted molar refractivity (Wildman–Crippen MR) is 115 cm³/mol. The van der Waals surface area contributed by atoms with E-state index in [1.54, 1.807) is 0 Å². The number of imidazole rings is 1. The lowest BCUT2D eigenvalue weighted by Crippen LogP contribution is -2.37. The molecule has 3 nitrogen and oxygen atoms in total. The van der Waals surface area contributed by atoms with Crippen LogP contribution in [0.3, 0.4) is 0 Å². The molecule has 0 bridgehead atoms. The van der Waals surface area contributed by atoms with E-state index < -0.39 is 0 Å². The second kappa shape index (κ2) is 6.65. The summed E-state index contributed by atoms with van der Waals surface area (Å²) in [5.74, 6) is 1.25.